The van der Waals surface area contributed by atoms with E-state index in [9.17, 15) is 0 Å². The molecule has 0 fully saturated rings. The van der Waals surface area contributed by atoms with Crippen LogP contribution < -0.4 is 0 Å². The second-order valence-corrected chi connectivity index (χ2v) is 7.10. The van der Waals surface area contributed by atoms with E-state index in [4.69, 9.17) is 23.2 Å². The molecule has 1 aromatic carbocycles. The molecule has 4 rings (SSSR count). The van der Waals surface area contributed by atoms with Gasteiger partial charge in [-0.25, -0.2) is 16.5 Å². The Bertz CT molecular complexity index is 1240. The summed E-state index contributed by atoms with van der Waals surface area (Å²) in [4.78, 5) is 16.6. The van der Waals surface area contributed by atoms with Gasteiger partial charge in [0.1, 0.15) is 0 Å². The van der Waals surface area contributed by atoms with Crippen LogP contribution in [-0.4, -0.2) is 26.1 Å². The van der Waals surface area contributed by atoms with Gasteiger partial charge in [-0.2, -0.15) is 0 Å². The molecule has 0 amide bonds. The number of pyridine rings is 2. The van der Waals surface area contributed by atoms with Gasteiger partial charge in [-0.1, -0.05) is 23.8 Å². The van der Waals surface area contributed by atoms with Crippen LogP contribution in [0.4, 0.5) is 0 Å². The molecule has 0 N–H and O–H groups in total. The summed E-state index contributed by atoms with van der Waals surface area (Å²) in [5, 5.41) is 1.64. The predicted molar refractivity (Wildman–Crippen MR) is 117 cm³/mol. The number of fused-ring (bicyclic) bond motifs is 1. The van der Waals surface area contributed by atoms with Crippen LogP contribution in [0.25, 0.3) is 39.3 Å². The normalized spacial score (nSPS) is 11.2. The standard InChI is InChI=1S/C23H18ClN5/c1-25-8-7-18-11-19-17(4-3-16-5-9-26-10-6-16)12-22(23-14-27-15-29(23)2)28-21(19)13-20(18)24/h3-6,9-15H,7-8H2,2H3. The Morgan fingerprint density at radius 2 is 1.97 bits per heavy atom. The molecular weight excluding hydrogens is 382 g/mol. The minimum Gasteiger partial charge on any atom is -0.332 e. The summed E-state index contributed by atoms with van der Waals surface area (Å²) < 4.78 is 1.94. The lowest BCUT2D eigenvalue weighted by molar-refractivity contribution is 0.917. The first kappa shape index (κ1) is 18.9. The largest absolute Gasteiger partial charge is 0.332 e. The van der Waals surface area contributed by atoms with Gasteiger partial charge in [0.2, 0.25) is 6.54 Å². The first-order valence-electron chi connectivity index (χ1n) is 9.17. The van der Waals surface area contributed by atoms with Crippen LogP contribution in [0.15, 0.2) is 55.2 Å². The van der Waals surface area contributed by atoms with Gasteiger partial charge in [0.05, 0.1) is 29.4 Å². The van der Waals surface area contributed by atoms with E-state index in [1.165, 1.54) is 0 Å². The fourth-order valence-corrected chi connectivity index (χ4v) is 3.47. The highest BCUT2D eigenvalue weighted by Crippen LogP contribution is 2.30. The molecule has 5 nitrogen and oxygen atoms in total. The smallest absolute Gasteiger partial charge is 0.218 e. The monoisotopic (exact) mass is 399 g/mol. The Morgan fingerprint density at radius 1 is 1.14 bits per heavy atom. The van der Waals surface area contributed by atoms with Gasteiger partial charge in [0.15, 0.2) is 0 Å². The van der Waals surface area contributed by atoms with Gasteiger partial charge in [0.25, 0.3) is 0 Å². The Kier molecular flexibility index (Phi) is 5.37. The zero-order valence-electron chi connectivity index (χ0n) is 15.9. The Hall–Kier alpha value is -3.49. The van der Waals surface area contributed by atoms with Crippen molar-refractivity contribution in [1.29, 1.82) is 0 Å². The van der Waals surface area contributed by atoms with E-state index in [1.807, 2.05) is 29.8 Å². The summed E-state index contributed by atoms with van der Waals surface area (Å²) in [5.74, 6) is 0. The van der Waals surface area contributed by atoms with E-state index in [-0.39, 0.29) is 0 Å². The molecule has 4 aromatic rings. The van der Waals surface area contributed by atoms with Crippen molar-refractivity contribution in [1.82, 2.24) is 19.5 Å². The quantitative estimate of drug-likeness (QED) is 0.427. The van der Waals surface area contributed by atoms with Gasteiger partial charge >= 0.3 is 0 Å². The van der Waals surface area contributed by atoms with Crippen LogP contribution in [0.3, 0.4) is 0 Å². The number of hydrogen-bond acceptors (Lipinski definition) is 3. The summed E-state index contributed by atoms with van der Waals surface area (Å²) >= 11 is 6.49. The molecule has 0 aliphatic carbocycles. The average Bonchev–Trinajstić information content (AvgIpc) is 3.17. The summed E-state index contributed by atoms with van der Waals surface area (Å²) in [6, 6.07) is 9.92. The molecule has 0 atom stereocenters. The second kappa shape index (κ2) is 8.26. The minimum absolute atomic E-state index is 0.411. The number of halogens is 1. The number of aryl methyl sites for hydroxylation is 1. The molecule has 0 bridgehead atoms. The van der Waals surface area contributed by atoms with Gasteiger partial charge in [0, 0.05) is 36.3 Å². The Labute approximate surface area is 174 Å². The third-order valence-electron chi connectivity index (χ3n) is 4.74. The van der Waals surface area contributed by atoms with Crippen molar-refractivity contribution >= 4 is 34.7 Å². The molecule has 0 aliphatic heterocycles. The molecule has 0 radical (unpaired) electrons. The summed E-state index contributed by atoms with van der Waals surface area (Å²) in [6.45, 7) is 7.47. The van der Waals surface area contributed by atoms with Crippen molar-refractivity contribution in [2.75, 3.05) is 6.54 Å². The maximum atomic E-state index is 7.06. The Morgan fingerprint density at radius 3 is 2.69 bits per heavy atom. The van der Waals surface area contributed by atoms with Gasteiger partial charge in [-0.05, 0) is 47.0 Å². The highest BCUT2D eigenvalue weighted by atomic mass is 35.5. The highest BCUT2D eigenvalue weighted by molar-refractivity contribution is 6.32. The highest BCUT2D eigenvalue weighted by Gasteiger charge is 2.12. The Balaban J connectivity index is 1.89. The molecule has 0 spiro atoms. The average molecular weight is 400 g/mol. The second-order valence-electron chi connectivity index (χ2n) is 6.69. The number of imidazole rings is 1. The topological polar surface area (TPSA) is 48.0 Å². The van der Waals surface area contributed by atoms with Crippen LogP contribution in [0.2, 0.25) is 5.02 Å². The molecule has 142 valence electrons. The van der Waals surface area contributed by atoms with Gasteiger partial charge in [-0.3, -0.25) is 4.98 Å². The van der Waals surface area contributed by atoms with Crippen LogP contribution in [0, 0.1) is 6.57 Å². The van der Waals surface area contributed by atoms with Crippen molar-refractivity contribution in [2.24, 2.45) is 7.05 Å². The number of hydrogen-bond donors (Lipinski definition) is 0. The van der Waals surface area contributed by atoms with Gasteiger partial charge in [-0.15, -0.1) is 0 Å². The lowest BCUT2D eigenvalue weighted by Crippen LogP contribution is -1.96. The molecule has 0 saturated carbocycles. The summed E-state index contributed by atoms with van der Waals surface area (Å²) in [5.41, 5.74) is 5.63. The fraction of sp³-hybridized carbons (Fsp3) is 0.130. The van der Waals surface area contributed by atoms with E-state index < -0.39 is 0 Å². The molecule has 6 heteroatoms. The first-order valence-corrected chi connectivity index (χ1v) is 9.54. The van der Waals surface area contributed by atoms with Crippen molar-refractivity contribution in [3.05, 3.63) is 88.4 Å². The van der Waals surface area contributed by atoms with Crippen molar-refractivity contribution in [2.45, 2.75) is 6.42 Å². The number of benzene rings is 1. The third-order valence-corrected chi connectivity index (χ3v) is 5.09. The molecular formula is C23H18ClN5. The SMILES string of the molecule is [C-]#[N+]CCc1cc2c(C=Cc3ccncc3)cc(-c3cncn3C)nc2cc1Cl. The molecule has 0 unspecified atom stereocenters. The molecule has 29 heavy (non-hydrogen) atoms. The number of nitrogens with zero attached hydrogens (tertiary/aromatic N) is 5. The van der Waals surface area contributed by atoms with E-state index in [0.29, 0.717) is 18.0 Å². The van der Waals surface area contributed by atoms with Crippen LogP contribution in [0.1, 0.15) is 16.7 Å². The zero-order valence-corrected chi connectivity index (χ0v) is 16.6. The number of aromatic nitrogens is 4. The van der Waals surface area contributed by atoms with E-state index in [2.05, 4.69) is 39.1 Å². The maximum absolute atomic E-state index is 7.06. The van der Waals surface area contributed by atoms with E-state index >= 15 is 0 Å². The van der Waals surface area contributed by atoms with E-state index in [0.717, 1.165) is 39.0 Å². The predicted octanol–water partition coefficient (Wildman–Crippen LogP) is 5.32. The lowest BCUT2D eigenvalue weighted by atomic mass is 10.0. The molecule has 0 saturated heterocycles. The zero-order chi connectivity index (χ0) is 20.2. The van der Waals surface area contributed by atoms with Crippen molar-refractivity contribution in [3.63, 3.8) is 0 Å². The third kappa shape index (κ3) is 4.03. The number of rotatable bonds is 5. The van der Waals surface area contributed by atoms with Gasteiger partial charge < -0.3 is 9.41 Å². The minimum atomic E-state index is 0.411. The van der Waals surface area contributed by atoms with Crippen LogP contribution in [-0.2, 0) is 13.5 Å². The maximum Gasteiger partial charge on any atom is 0.218 e. The molecule has 0 aliphatic rings. The van der Waals surface area contributed by atoms with Crippen molar-refractivity contribution in [3.8, 4) is 11.4 Å². The summed E-state index contributed by atoms with van der Waals surface area (Å²) in [6.07, 6.45) is 11.9. The molecule has 3 aromatic heterocycles. The van der Waals surface area contributed by atoms with Crippen molar-refractivity contribution < 1.29 is 0 Å². The first-order chi connectivity index (χ1) is 14.2. The lowest BCUT2D eigenvalue weighted by Gasteiger charge is -2.10. The molecule has 3 heterocycles. The van der Waals surface area contributed by atoms with Crippen LogP contribution >= 0.6 is 11.6 Å². The van der Waals surface area contributed by atoms with Crippen LogP contribution in [0.5, 0.6) is 0 Å². The summed E-state index contributed by atoms with van der Waals surface area (Å²) in [7, 11) is 1.95. The van der Waals surface area contributed by atoms with E-state index in [1.54, 1.807) is 24.9 Å². The fourth-order valence-electron chi connectivity index (χ4n) is 3.22.